The van der Waals surface area contributed by atoms with Crippen LogP contribution in [0.2, 0.25) is 0 Å². The van der Waals surface area contributed by atoms with Gasteiger partial charge >= 0.3 is 0 Å². The van der Waals surface area contributed by atoms with Crippen LogP contribution in [-0.2, 0) is 10.0 Å². The maximum atomic E-state index is 12.4. The van der Waals surface area contributed by atoms with E-state index in [-0.39, 0.29) is 11.7 Å². The molecule has 0 aromatic heterocycles. The molecular formula is C14H12BrNO4S. The fraction of sp³-hybridized carbons (Fsp3) is 0.143. The summed E-state index contributed by atoms with van der Waals surface area (Å²) >= 11 is 3.32. The number of sulfonamides is 1. The average molecular weight is 370 g/mol. The van der Waals surface area contributed by atoms with E-state index in [0.717, 1.165) is 5.56 Å². The minimum Gasteiger partial charge on any atom is -0.454 e. The van der Waals surface area contributed by atoms with E-state index in [1.165, 1.54) is 0 Å². The second kappa shape index (κ2) is 5.23. The number of rotatable bonds is 3. The SMILES string of the molecule is Cc1ccc(S(=O)(=O)Nc2c(Br)ccc3c2OCO3)cc1. The number of nitrogens with one attached hydrogen (secondary N) is 1. The fourth-order valence-electron chi connectivity index (χ4n) is 1.95. The Bertz CT molecular complexity index is 787. The Morgan fingerprint density at radius 1 is 1.10 bits per heavy atom. The number of benzene rings is 2. The summed E-state index contributed by atoms with van der Waals surface area (Å²) in [5.74, 6) is 0.903. The van der Waals surface area contributed by atoms with Crippen LogP contribution in [0, 0.1) is 6.92 Å². The summed E-state index contributed by atoms with van der Waals surface area (Å²) in [6.07, 6.45) is 0. The van der Waals surface area contributed by atoms with Gasteiger partial charge in [0.2, 0.25) is 6.79 Å². The molecule has 0 saturated heterocycles. The molecule has 2 aromatic carbocycles. The summed E-state index contributed by atoms with van der Waals surface area (Å²) in [5, 5.41) is 0. The number of hydrogen-bond acceptors (Lipinski definition) is 4. The lowest BCUT2D eigenvalue weighted by Crippen LogP contribution is -2.13. The van der Waals surface area contributed by atoms with E-state index in [0.29, 0.717) is 21.7 Å². The molecule has 7 heteroatoms. The van der Waals surface area contributed by atoms with E-state index in [1.807, 2.05) is 6.92 Å². The van der Waals surface area contributed by atoms with Crippen LogP contribution in [0.5, 0.6) is 11.5 Å². The van der Waals surface area contributed by atoms with Crippen molar-refractivity contribution < 1.29 is 17.9 Å². The van der Waals surface area contributed by atoms with Gasteiger partial charge in [-0.25, -0.2) is 8.42 Å². The monoisotopic (exact) mass is 369 g/mol. The number of hydrogen-bond donors (Lipinski definition) is 1. The number of fused-ring (bicyclic) bond motifs is 1. The van der Waals surface area contributed by atoms with Crippen LogP contribution >= 0.6 is 15.9 Å². The van der Waals surface area contributed by atoms with Crippen LogP contribution in [0.3, 0.4) is 0 Å². The normalized spacial score (nSPS) is 13.2. The van der Waals surface area contributed by atoms with Crippen molar-refractivity contribution >= 4 is 31.6 Å². The zero-order valence-corrected chi connectivity index (χ0v) is 13.5. The molecule has 1 aliphatic rings. The molecule has 0 spiro atoms. The van der Waals surface area contributed by atoms with Gasteiger partial charge in [0.1, 0.15) is 5.69 Å². The Morgan fingerprint density at radius 3 is 2.52 bits per heavy atom. The first-order valence-corrected chi connectivity index (χ1v) is 8.42. The highest BCUT2D eigenvalue weighted by molar-refractivity contribution is 9.10. The first-order chi connectivity index (χ1) is 9.97. The van der Waals surface area contributed by atoms with E-state index < -0.39 is 10.0 Å². The summed E-state index contributed by atoms with van der Waals surface area (Å²) in [6.45, 7) is 1.97. The van der Waals surface area contributed by atoms with Crippen molar-refractivity contribution in [2.75, 3.05) is 11.5 Å². The topological polar surface area (TPSA) is 64.6 Å². The first-order valence-electron chi connectivity index (χ1n) is 6.15. The highest BCUT2D eigenvalue weighted by Crippen LogP contribution is 2.44. The van der Waals surface area contributed by atoms with Gasteiger partial charge in [0, 0.05) is 4.47 Å². The predicted octanol–water partition coefficient (Wildman–Crippen LogP) is 3.29. The Labute approximate surface area is 131 Å². The highest BCUT2D eigenvalue weighted by atomic mass is 79.9. The van der Waals surface area contributed by atoms with Gasteiger partial charge in [-0.1, -0.05) is 17.7 Å². The molecule has 2 aromatic rings. The third-order valence-corrected chi connectivity index (χ3v) is 5.08. The quantitative estimate of drug-likeness (QED) is 0.901. The third-order valence-electron chi connectivity index (χ3n) is 3.06. The molecule has 1 N–H and O–H groups in total. The van der Waals surface area contributed by atoms with Gasteiger partial charge in [0.05, 0.1) is 4.90 Å². The molecule has 0 radical (unpaired) electrons. The van der Waals surface area contributed by atoms with Crippen molar-refractivity contribution in [2.45, 2.75) is 11.8 Å². The van der Waals surface area contributed by atoms with Crippen molar-refractivity contribution in [1.82, 2.24) is 0 Å². The molecule has 0 aliphatic carbocycles. The van der Waals surface area contributed by atoms with Gasteiger partial charge in [-0.15, -0.1) is 0 Å². The minimum atomic E-state index is -3.69. The minimum absolute atomic E-state index is 0.0745. The molecule has 1 heterocycles. The van der Waals surface area contributed by atoms with E-state index in [4.69, 9.17) is 9.47 Å². The average Bonchev–Trinajstić information content (AvgIpc) is 2.91. The van der Waals surface area contributed by atoms with Crippen molar-refractivity contribution in [2.24, 2.45) is 0 Å². The zero-order valence-electron chi connectivity index (χ0n) is 11.1. The fourth-order valence-corrected chi connectivity index (χ4v) is 3.58. The van der Waals surface area contributed by atoms with E-state index in [2.05, 4.69) is 20.7 Å². The molecule has 0 fully saturated rings. The molecule has 0 unspecified atom stereocenters. The van der Waals surface area contributed by atoms with E-state index in [9.17, 15) is 8.42 Å². The van der Waals surface area contributed by atoms with Gasteiger partial charge in [0.25, 0.3) is 10.0 Å². The van der Waals surface area contributed by atoms with Crippen LogP contribution in [0.4, 0.5) is 5.69 Å². The summed E-state index contributed by atoms with van der Waals surface area (Å²) in [6, 6.07) is 10.0. The van der Waals surface area contributed by atoms with Crippen molar-refractivity contribution in [3.8, 4) is 11.5 Å². The number of ether oxygens (including phenoxy) is 2. The molecular weight excluding hydrogens is 358 g/mol. The summed E-state index contributed by atoms with van der Waals surface area (Å²) < 4.78 is 38.6. The predicted molar refractivity (Wildman–Crippen MR) is 82.3 cm³/mol. The summed E-state index contributed by atoms with van der Waals surface area (Å²) in [7, 11) is -3.69. The third kappa shape index (κ3) is 2.71. The summed E-state index contributed by atoms with van der Waals surface area (Å²) in [4.78, 5) is 0.191. The number of halogens is 1. The van der Waals surface area contributed by atoms with Gasteiger partial charge in [-0.05, 0) is 47.1 Å². The van der Waals surface area contributed by atoms with Gasteiger partial charge in [-0.3, -0.25) is 4.72 Å². The molecule has 21 heavy (non-hydrogen) atoms. The standard InChI is InChI=1S/C14H12BrNO4S/c1-9-2-4-10(5-3-9)21(17,18)16-13-11(15)6-7-12-14(13)20-8-19-12/h2-7,16H,8H2,1H3. The summed E-state index contributed by atoms with van der Waals surface area (Å²) in [5.41, 5.74) is 1.33. The van der Waals surface area contributed by atoms with Gasteiger partial charge < -0.3 is 9.47 Å². The Hall–Kier alpha value is -1.73. The van der Waals surface area contributed by atoms with Crippen LogP contribution in [0.1, 0.15) is 5.56 Å². The van der Waals surface area contributed by atoms with E-state index in [1.54, 1.807) is 36.4 Å². The smallest absolute Gasteiger partial charge is 0.262 e. The molecule has 0 bridgehead atoms. The first kappa shape index (κ1) is 14.2. The molecule has 0 amide bonds. The molecule has 110 valence electrons. The van der Waals surface area contributed by atoms with Gasteiger partial charge in [-0.2, -0.15) is 0 Å². The Kier molecular flexibility index (Phi) is 3.54. The maximum absolute atomic E-state index is 12.4. The Balaban J connectivity index is 2.00. The molecule has 0 atom stereocenters. The molecule has 0 saturated carbocycles. The number of aryl methyl sites for hydroxylation is 1. The maximum Gasteiger partial charge on any atom is 0.262 e. The second-order valence-electron chi connectivity index (χ2n) is 4.57. The molecule has 3 rings (SSSR count). The van der Waals surface area contributed by atoms with Gasteiger partial charge in [0.15, 0.2) is 11.5 Å². The Morgan fingerprint density at radius 2 is 1.81 bits per heavy atom. The van der Waals surface area contributed by atoms with Crippen molar-refractivity contribution in [3.05, 3.63) is 46.4 Å². The largest absolute Gasteiger partial charge is 0.454 e. The van der Waals surface area contributed by atoms with Crippen LogP contribution in [0.25, 0.3) is 0 Å². The highest BCUT2D eigenvalue weighted by Gasteiger charge is 2.24. The van der Waals surface area contributed by atoms with Crippen LogP contribution in [0.15, 0.2) is 45.8 Å². The van der Waals surface area contributed by atoms with Crippen LogP contribution < -0.4 is 14.2 Å². The molecule has 5 nitrogen and oxygen atoms in total. The lowest BCUT2D eigenvalue weighted by atomic mass is 10.2. The lowest BCUT2D eigenvalue weighted by Gasteiger charge is -2.12. The van der Waals surface area contributed by atoms with Crippen molar-refractivity contribution in [3.63, 3.8) is 0 Å². The van der Waals surface area contributed by atoms with Crippen LogP contribution in [-0.4, -0.2) is 15.2 Å². The van der Waals surface area contributed by atoms with Crippen molar-refractivity contribution in [1.29, 1.82) is 0 Å². The lowest BCUT2D eigenvalue weighted by molar-refractivity contribution is 0.174. The molecule has 1 aliphatic heterocycles. The number of anilines is 1. The second-order valence-corrected chi connectivity index (χ2v) is 7.11. The zero-order chi connectivity index (χ0) is 15.0. The van der Waals surface area contributed by atoms with E-state index >= 15 is 0 Å².